The first kappa shape index (κ1) is 45.8. The minimum absolute atomic E-state index is 0.381. The highest BCUT2D eigenvalue weighted by Gasteiger charge is 2.31. The predicted octanol–water partition coefficient (Wildman–Crippen LogP) is 13.1. The van der Waals surface area contributed by atoms with Crippen molar-refractivity contribution >= 4 is 46.8 Å². The summed E-state index contributed by atoms with van der Waals surface area (Å²) in [4.78, 5) is 24.4. The second-order valence-corrected chi connectivity index (χ2v) is 16.4. The SMILES string of the molecule is Cc1cc(SCc2oc(-c3ccc(C(F)(F)F)cc3)cc2C)ccc1OCC(=O)O.Cc1cc(SCc2scc(-c3ccc(C(F)(F)F)cc3)c2C)ccc1OCC(=O)O. The van der Waals surface area contributed by atoms with Crippen molar-refractivity contribution < 1.29 is 60.0 Å². The van der Waals surface area contributed by atoms with Crippen LogP contribution in [0.2, 0.25) is 0 Å². The smallest absolute Gasteiger partial charge is 0.416 e. The molecule has 6 aromatic rings. The Kier molecular flexibility index (Phi) is 15.1. The number of halogens is 6. The van der Waals surface area contributed by atoms with Gasteiger partial charge in [-0.1, -0.05) is 24.3 Å². The van der Waals surface area contributed by atoms with E-state index < -0.39 is 42.0 Å². The zero-order valence-corrected chi connectivity index (χ0v) is 34.9. The van der Waals surface area contributed by atoms with Crippen molar-refractivity contribution in [3.05, 3.63) is 140 Å². The number of furan rings is 1. The van der Waals surface area contributed by atoms with E-state index in [-0.39, 0.29) is 6.61 Å². The monoisotopic (exact) mass is 888 g/mol. The largest absolute Gasteiger partial charge is 0.482 e. The number of carboxylic acids is 2. The second-order valence-electron chi connectivity index (χ2n) is 13.4. The molecule has 7 nitrogen and oxygen atoms in total. The molecule has 4 aromatic carbocycles. The summed E-state index contributed by atoms with van der Waals surface area (Å²) in [5.74, 6) is 1.52. The Hall–Kier alpha value is -5.32. The molecule has 0 aliphatic rings. The van der Waals surface area contributed by atoms with Crippen LogP contribution >= 0.6 is 34.9 Å². The summed E-state index contributed by atoms with van der Waals surface area (Å²) in [5, 5.41) is 19.4. The molecule has 60 heavy (non-hydrogen) atoms. The van der Waals surface area contributed by atoms with E-state index >= 15 is 0 Å². The van der Waals surface area contributed by atoms with Gasteiger partial charge in [-0.15, -0.1) is 34.9 Å². The van der Waals surface area contributed by atoms with E-state index in [1.807, 2.05) is 63.4 Å². The van der Waals surface area contributed by atoms with Gasteiger partial charge in [-0.2, -0.15) is 26.3 Å². The highest BCUT2D eigenvalue weighted by molar-refractivity contribution is 7.98. The number of thioether (sulfide) groups is 2. The molecule has 0 atom stereocenters. The number of alkyl halides is 6. The Morgan fingerprint density at radius 3 is 1.55 bits per heavy atom. The van der Waals surface area contributed by atoms with Crippen molar-refractivity contribution in [3.8, 4) is 33.9 Å². The summed E-state index contributed by atoms with van der Waals surface area (Å²) in [5.41, 5.74) is 4.59. The quantitative estimate of drug-likeness (QED) is 0.0817. The molecule has 0 fully saturated rings. The molecule has 0 unspecified atom stereocenters. The third kappa shape index (κ3) is 12.6. The molecule has 0 radical (unpaired) electrons. The Labute approximate surface area is 354 Å². The van der Waals surface area contributed by atoms with E-state index in [9.17, 15) is 35.9 Å². The van der Waals surface area contributed by atoms with E-state index in [1.54, 1.807) is 35.2 Å². The van der Waals surface area contributed by atoms with Crippen molar-refractivity contribution in [2.75, 3.05) is 13.2 Å². The van der Waals surface area contributed by atoms with E-state index in [0.717, 1.165) is 83.8 Å². The minimum atomic E-state index is -4.37. The highest BCUT2D eigenvalue weighted by atomic mass is 32.2. The maximum Gasteiger partial charge on any atom is 0.416 e. The normalized spacial score (nSPS) is 11.5. The molecular formula is C44H38F6O7S3. The van der Waals surface area contributed by atoms with Gasteiger partial charge in [-0.05, 0) is 133 Å². The summed E-state index contributed by atoms with van der Waals surface area (Å²) in [6.07, 6.45) is -8.71. The van der Waals surface area contributed by atoms with Gasteiger partial charge in [0, 0.05) is 26.0 Å². The number of hydrogen-bond acceptors (Lipinski definition) is 8. The zero-order valence-electron chi connectivity index (χ0n) is 32.5. The fourth-order valence-corrected chi connectivity index (χ4v) is 8.93. The lowest BCUT2D eigenvalue weighted by Gasteiger charge is -2.09. The first-order valence-corrected chi connectivity index (χ1v) is 20.8. The third-order valence-electron chi connectivity index (χ3n) is 8.92. The molecular weight excluding hydrogens is 851 g/mol. The zero-order chi connectivity index (χ0) is 43.8. The summed E-state index contributed by atoms with van der Waals surface area (Å²) in [6, 6.07) is 23.0. The van der Waals surface area contributed by atoms with Crippen LogP contribution < -0.4 is 9.47 Å². The van der Waals surface area contributed by atoms with Gasteiger partial charge >= 0.3 is 24.3 Å². The number of thiophene rings is 1. The first-order chi connectivity index (χ1) is 28.3. The molecule has 2 aromatic heterocycles. The maximum absolute atomic E-state index is 12.8. The third-order valence-corrected chi connectivity index (χ3v) is 12.2. The first-order valence-electron chi connectivity index (χ1n) is 18.0. The van der Waals surface area contributed by atoms with Crippen molar-refractivity contribution in [1.29, 1.82) is 0 Å². The van der Waals surface area contributed by atoms with Gasteiger partial charge in [0.05, 0.1) is 16.9 Å². The summed E-state index contributed by atoms with van der Waals surface area (Å²) >= 11 is 4.76. The molecule has 0 bridgehead atoms. The molecule has 0 amide bonds. The van der Waals surface area contributed by atoms with E-state index in [0.29, 0.717) is 28.6 Å². The molecule has 2 heterocycles. The van der Waals surface area contributed by atoms with Gasteiger partial charge in [-0.3, -0.25) is 0 Å². The Balaban J connectivity index is 0.000000228. The lowest BCUT2D eigenvalue weighted by molar-refractivity contribution is -0.140. The molecule has 2 N–H and O–H groups in total. The molecule has 0 aliphatic heterocycles. The standard InChI is InChI=1S/C22H19F3O4S.C22H19F3O3S2/c1-13-9-17(7-8-18(13)28-11-21(26)27)30-12-20-14(2)10-19(29-20)15-3-5-16(6-4-15)22(23,24)25;1-13-9-17(7-8-19(13)28-10-21(26)27)29-12-20-14(2)18(11-30-20)15-3-5-16(6-4-15)22(23,24)25/h3-10H,11-12H2,1-2H3,(H,26,27);3-9,11H,10,12H2,1-2H3,(H,26,27). The number of ether oxygens (including phenoxy) is 2. The number of rotatable bonds is 14. The number of aliphatic carboxylic acids is 2. The van der Waals surface area contributed by atoms with Gasteiger partial charge in [-0.25, -0.2) is 9.59 Å². The number of benzene rings is 4. The molecule has 0 saturated heterocycles. The fourth-order valence-electron chi connectivity index (χ4n) is 5.68. The molecule has 6 rings (SSSR count). The molecule has 0 spiro atoms. The second kappa shape index (κ2) is 19.8. The number of aryl methyl sites for hydroxylation is 3. The van der Waals surface area contributed by atoms with Crippen LogP contribution in [0.15, 0.2) is 111 Å². The van der Waals surface area contributed by atoms with Crippen LogP contribution in [0.1, 0.15) is 44.0 Å². The highest BCUT2D eigenvalue weighted by Crippen LogP contribution is 2.38. The summed E-state index contributed by atoms with van der Waals surface area (Å²) < 4.78 is 92.8. The lowest BCUT2D eigenvalue weighted by Crippen LogP contribution is -2.09. The maximum atomic E-state index is 12.8. The average Bonchev–Trinajstić information content (AvgIpc) is 3.75. The molecule has 0 saturated carbocycles. The van der Waals surface area contributed by atoms with Crippen molar-refractivity contribution in [1.82, 2.24) is 0 Å². The van der Waals surface area contributed by atoms with Crippen LogP contribution in [-0.4, -0.2) is 35.4 Å². The van der Waals surface area contributed by atoms with E-state index in [1.165, 1.54) is 36.0 Å². The van der Waals surface area contributed by atoms with Crippen LogP contribution in [0.4, 0.5) is 26.3 Å². The van der Waals surface area contributed by atoms with Gasteiger partial charge in [0.1, 0.15) is 23.0 Å². The lowest BCUT2D eigenvalue weighted by atomic mass is 10.0. The van der Waals surface area contributed by atoms with Crippen LogP contribution in [-0.2, 0) is 33.4 Å². The van der Waals surface area contributed by atoms with Gasteiger partial charge in [0.15, 0.2) is 13.2 Å². The number of hydrogen-bond donors (Lipinski definition) is 2. The molecule has 0 aliphatic carbocycles. The summed E-state index contributed by atoms with van der Waals surface area (Å²) in [7, 11) is 0. The Morgan fingerprint density at radius 1 is 0.633 bits per heavy atom. The van der Waals surface area contributed by atoms with E-state index in [2.05, 4.69) is 0 Å². The summed E-state index contributed by atoms with van der Waals surface area (Å²) in [6.45, 7) is 6.79. The van der Waals surface area contributed by atoms with Crippen molar-refractivity contribution in [3.63, 3.8) is 0 Å². The molecule has 316 valence electrons. The average molecular weight is 889 g/mol. The van der Waals surface area contributed by atoms with E-state index in [4.69, 9.17) is 24.1 Å². The van der Waals surface area contributed by atoms with Gasteiger partial charge in [0.2, 0.25) is 0 Å². The number of carbonyl (C=O) groups is 2. The van der Waals surface area contributed by atoms with Gasteiger partial charge in [0.25, 0.3) is 0 Å². The van der Waals surface area contributed by atoms with Gasteiger partial charge < -0.3 is 24.1 Å². The predicted molar refractivity (Wildman–Crippen MR) is 221 cm³/mol. The minimum Gasteiger partial charge on any atom is -0.482 e. The van der Waals surface area contributed by atoms with Crippen LogP contribution in [0.5, 0.6) is 11.5 Å². The fraction of sp³-hybridized carbons (Fsp3) is 0.227. The topological polar surface area (TPSA) is 106 Å². The van der Waals surface area contributed by atoms with Crippen LogP contribution in [0.3, 0.4) is 0 Å². The van der Waals surface area contributed by atoms with Crippen LogP contribution in [0, 0.1) is 27.7 Å². The van der Waals surface area contributed by atoms with Crippen molar-refractivity contribution in [2.45, 2.75) is 61.3 Å². The van der Waals surface area contributed by atoms with Crippen molar-refractivity contribution in [2.24, 2.45) is 0 Å². The number of carboxylic acid groups (broad SMARTS) is 2. The Bertz CT molecular complexity index is 2350. The van der Waals surface area contributed by atoms with Crippen LogP contribution in [0.25, 0.3) is 22.5 Å². The molecule has 16 heteroatoms. The Morgan fingerprint density at radius 2 is 1.10 bits per heavy atom.